The van der Waals surface area contributed by atoms with E-state index < -0.39 is 12.2 Å². The highest BCUT2D eigenvalue weighted by atomic mass is 16.5. The third kappa shape index (κ3) is 7.51. The average Bonchev–Trinajstić information content (AvgIpc) is 2.84. The van der Waals surface area contributed by atoms with E-state index in [1.165, 1.54) is 5.56 Å². The maximum atomic E-state index is 10.6. The Morgan fingerprint density at radius 1 is 0.677 bits per heavy atom. The molecular weight excluding hydrogens is 386 g/mol. The molecule has 0 unspecified atom stereocenters. The van der Waals surface area contributed by atoms with Crippen molar-refractivity contribution in [1.82, 2.24) is 5.32 Å². The molecule has 3 aromatic carbocycles. The van der Waals surface area contributed by atoms with Gasteiger partial charge in [-0.15, -0.1) is 0 Å². The molecule has 0 amide bonds. The van der Waals surface area contributed by atoms with Crippen LogP contribution in [0.4, 0.5) is 0 Å². The number of hydrogen-bond acceptors (Lipinski definition) is 4. The van der Waals surface area contributed by atoms with Crippen LogP contribution in [-0.4, -0.2) is 23.4 Å². The van der Waals surface area contributed by atoms with E-state index in [1.54, 1.807) is 7.11 Å². The normalized spacial score (nSPS) is 13.2. The standard InChI is InChI=1S/C27H33NO3/c1-31-25-16-12-21(13-17-25)20-28-24(14-18-26(29)22-8-4-2-5-9-22)15-19-27(30)23-10-6-3-7-11-23/h2-13,16-17,24,26-30H,14-15,18-20H2,1H3/t26-,27-/m1/s1. The van der Waals surface area contributed by atoms with Gasteiger partial charge in [0.25, 0.3) is 0 Å². The van der Waals surface area contributed by atoms with E-state index in [9.17, 15) is 10.2 Å². The number of aliphatic hydroxyl groups is 2. The summed E-state index contributed by atoms with van der Waals surface area (Å²) >= 11 is 0. The van der Waals surface area contributed by atoms with Crippen molar-refractivity contribution in [3.8, 4) is 5.75 Å². The maximum Gasteiger partial charge on any atom is 0.118 e. The number of methoxy groups -OCH3 is 1. The molecule has 3 N–H and O–H groups in total. The van der Waals surface area contributed by atoms with Gasteiger partial charge >= 0.3 is 0 Å². The molecule has 3 rings (SSSR count). The Morgan fingerprint density at radius 3 is 1.61 bits per heavy atom. The molecule has 4 nitrogen and oxygen atoms in total. The van der Waals surface area contributed by atoms with E-state index in [1.807, 2.05) is 72.8 Å². The van der Waals surface area contributed by atoms with Gasteiger partial charge in [-0.2, -0.15) is 0 Å². The third-order valence-corrected chi connectivity index (χ3v) is 5.70. The molecule has 4 heteroatoms. The predicted octanol–water partition coefficient (Wildman–Crippen LogP) is 5.18. The first-order chi connectivity index (χ1) is 15.2. The first-order valence-corrected chi connectivity index (χ1v) is 11.0. The molecule has 0 radical (unpaired) electrons. The third-order valence-electron chi connectivity index (χ3n) is 5.70. The summed E-state index contributed by atoms with van der Waals surface area (Å²) in [6.07, 6.45) is 2.04. The minimum Gasteiger partial charge on any atom is -0.497 e. The summed E-state index contributed by atoms with van der Waals surface area (Å²) in [5.74, 6) is 0.845. The fourth-order valence-corrected chi connectivity index (χ4v) is 3.76. The zero-order chi connectivity index (χ0) is 21.9. The van der Waals surface area contributed by atoms with Crippen LogP contribution in [0.2, 0.25) is 0 Å². The van der Waals surface area contributed by atoms with Crippen LogP contribution < -0.4 is 10.1 Å². The molecule has 0 aromatic heterocycles. The van der Waals surface area contributed by atoms with E-state index in [-0.39, 0.29) is 6.04 Å². The smallest absolute Gasteiger partial charge is 0.118 e. The molecule has 0 aliphatic rings. The van der Waals surface area contributed by atoms with Crippen LogP contribution in [0.5, 0.6) is 5.75 Å². The Balaban J connectivity index is 1.57. The molecule has 0 aliphatic carbocycles. The fraction of sp³-hybridized carbons (Fsp3) is 0.333. The van der Waals surface area contributed by atoms with Crippen LogP contribution in [-0.2, 0) is 6.54 Å². The maximum absolute atomic E-state index is 10.6. The molecule has 3 aromatic rings. The summed E-state index contributed by atoms with van der Waals surface area (Å²) in [7, 11) is 1.67. The zero-order valence-electron chi connectivity index (χ0n) is 18.2. The van der Waals surface area contributed by atoms with Gasteiger partial charge in [-0.25, -0.2) is 0 Å². The molecule has 0 saturated carbocycles. The van der Waals surface area contributed by atoms with Gasteiger partial charge in [-0.05, 0) is 54.5 Å². The van der Waals surface area contributed by atoms with Gasteiger partial charge in [0.15, 0.2) is 0 Å². The van der Waals surface area contributed by atoms with E-state index in [0.717, 1.165) is 36.3 Å². The van der Waals surface area contributed by atoms with E-state index >= 15 is 0 Å². The summed E-state index contributed by atoms with van der Waals surface area (Å²) < 4.78 is 5.23. The van der Waals surface area contributed by atoms with Crippen molar-refractivity contribution in [3.63, 3.8) is 0 Å². The van der Waals surface area contributed by atoms with Gasteiger partial charge in [-0.1, -0.05) is 72.8 Å². The lowest BCUT2D eigenvalue weighted by atomic mass is 9.96. The number of hydrogen-bond donors (Lipinski definition) is 3. The topological polar surface area (TPSA) is 61.7 Å². The summed E-state index contributed by atoms with van der Waals surface area (Å²) in [4.78, 5) is 0. The van der Waals surface area contributed by atoms with Crippen molar-refractivity contribution in [3.05, 3.63) is 102 Å². The Labute approximate surface area is 185 Å². The summed E-state index contributed by atoms with van der Waals surface area (Å²) in [5, 5.41) is 24.8. The van der Waals surface area contributed by atoms with Crippen molar-refractivity contribution >= 4 is 0 Å². The van der Waals surface area contributed by atoms with Crippen molar-refractivity contribution in [2.24, 2.45) is 0 Å². The zero-order valence-corrected chi connectivity index (χ0v) is 18.2. The van der Waals surface area contributed by atoms with Crippen LogP contribution in [0.15, 0.2) is 84.9 Å². The summed E-state index contributed by atoms with van der Waals surface area (Å²) in [6, 6.07) is 27.8. The van der Waals surface area contributed by atoms with E-state index in [2.05, 4.69) is 17.4 Å². The Hall–Kier alpha value is -2.66. The second kappa shape index (κ2) is 12.3. The van der Waals surface area contributed by atoms with E-state index in [4.69, 9.17) is 4.74 Å². The van der Waals surface area contributed by atoms with Gasteiger partial charge in [0, 0.05) is 12.6 Å². The highest BCUT2D eigenvalue weighted by Gasteiger charge is 2.16. The molecule has 31 heavy (non-hydrogen) atoms. The average molecular weight is 420 g/mol. The van der Waals surface area contributed by atoms with Gasteiger partial charge in [0.1, 0.15) is 5.75 Å². The molecular formula is C27H33NO3. The summed E-state index contributed by atoms with van der Waals surface area (Å²) in [5.41, 5.74) is 3.07. The predicted molar refractivity (Wildman–Crippen MR) is 125 cm³/mol. The number of benzene rings is 3. The minimum atomic E-state index is -0.481. The molecule has 0 spiro atoms. The largest absolute Gasteiger partial charge is 0.497 e. The Morgan fingerprint density at radius 2 is 1.16 bits per heavy atom. The molecule has 0 saturated heterocycles. The number of rotatable bonds is 12. The number of nitrogens with one attached hydrogen (secondary N) is 1. The van der Waals surface area contributed by atoms with E-state index in [0.29, 0.717) is 12.8 Å². The quantitative estimate of drug-likeness (QED) is 0.378. The van der Waals surface area contributed by atoms with Gasteiger partial charge < -0.3 is 20.3 Å². The monoisotopic (exact) mass is 419 g/mol. The minimum absolute atomic E-state index is 0.193. The van der Waals surface area contributed by atoms with Crippen molar-refractivity contribution in [2.45, 2.75) is 50.5 Å². The second-order valence-corrected chi connectivity index (χ2v) is 7.93. The van der Waals surface area contributed by atoms with Crippen LogP contribution in [0.25, 0.3) is 0 Å². The van der Waals surface area contributed by atoms with Crippen molar-refractivity contribution in [1.29, 1.82) is 0 Å². The fourth-order valence-electron chi connectivity index (χ4n) is 3.76. The molecule has 0 aliphatic heterocycles. The van der Waals surface area contributed by atoms with Crippen LogP contribution in [0.3, 0.4) is 0 Å². The highest BCUT2D eigenvalue weighted by Crippen LogP contribution is 2.23. The SMILES string of the molecule is COc1ccc(CNC(CC[C@@H](O)c2ccccc2)CC[C@@H](O)c2ccccc2)cc1. The number of aliphatic hydroxyl groups excluding tert-OH is 2. The molecule has 164 valence electrons. The van der Waals surface area contributed by atoms with Crippen LogP contribution >= 0.6 is 0 Å². The first kappa shape index (κ1) is 23.0. The lowest BCUT2D eigenvalue weighted by Gasteiger charge is -2.22. The first-order valence-electron chi connectivity index (χ1n) is 11.0. The van der Waals surface area contributed by atoms with Crippen molar-refractivity contribution < 1.29 is 14.9 Å². The highest BCUT2D eigenvalue weighted by molar-refractivity contribution is 5.27. The Kier molecular flexibility index (Phi) is 9.10. The molecule has 0 fully saturated rings. The van der Waals surface area contributed by atoms with Crippen molar-refractivity contribution in [2.75, 3.05) is 7.11 Å². The lowest BCUT2D eigenvalue weighted by molar-refractivity contribution is 0.145. The number of ether oxygens (including phenoxy) is 1. The van der Waals surface area contributed by atoms with Crippen LogP contribution in [0.1, 0.15) is 54.6 Å². The molecule has 2 atom stereocenters. The van der Waals surface area contributed by atoms with Gasteiger partial charge in [0.2, 0.25) is 0 Å². The van der Waals surface area contributed by atoms with Gasteiger partial charge in [-0.3, -0.25) is 0 Å². The molecule has 0 bridgehead atoms. The molecule has 0 heterocycles. The summed E-state index contributed by atoms with van der Waals surface area (Å²) in [6.45, 7) is 0.734. The Bertz CT molecular complexity index is 819. The van der Waals surface area contributed by atoms with Gasteiger partial charge in [0.05, 0.1) is 19.3 Å². The lowest BCUT2D eigenvalue weighted by Crippen LogP contribution is -2.29. The second-order valence-electron chi connectivity index (χ2n) is 7.93. The van der Waals surface area contributed by atoms with Crippen LogP contribution in [0, 0.1) is 0 Å².